The topological polar surface area (TPSA) is 55.4 Å². The molecule has 20 heavy (non-hydrogen) atoms. The van der Waals surface area contributed by atoms with Crippen molar-refractivity contribution >= 4 is 22.7 Å². The first-order valence-electron chi connectivity index (χ1n) is 6.15. The summed E-state index contributed by atoms with van der Waals surface area (Å²) in [6, 6.07) is 12.6. The van der Waals surface area contributed by atoms with E-state index in [2.05, 4.69) is 0 Å². The molecule has 0 aliphatic rings. The van der Waals surface area contributed by atoms with Gasteiger partial charge in [0.2, 0.25) is 0 Å². The maximum atomic E-state index is 11.9. The van der Waals surface area contributed by atoms with Crippen molar-refractivity contribution in [2.45, 2.75) is 13.2 Å². The Morgan fingerprint density at radius 3 is 2.75 bits per heavy atom. The summed E-state index contributed by atoms with van der Waals surface area (Å²) in [5.74, 6) is -0.435. The van der Waals surface area contributed by atoms with Crippen molar-refractivity contribution in [3.8, 4) is 0 Å². The fraction of sp³-hybridized carbons (Fsp3) is 0.133. The van der Waals surface area contributed by atoms with Crippen LogP contribution in [0.2, 0.25) is 5.02 Å². The van der Waals surface area contributed by atoms with Gasteiger partial charge in [-0.05, 0) is 29.3 Å². The van der Waals surface area contributed by atoms with Gasteiger partial charge >= 0.3 is 5.76 Å². The Kier molecular flexibility index (Phi) is 3.34. The zero-order valence-corrected chi connectivity index (χ0v) is 11.3. The van der Waals surface area contributed by atoms with E-state index >= 15 is 0 Å². The molecule has 5 heteroatoms. The van der Waals surface area contributed by atoms with Gasteiger partial charge in [-0.3, -0.25) is 4.57 Å². The SMILES string of the molecule is O=c1oc2cc(CO)ccc2n1Cc1ccccc1Cl. The molecule has 0 unspecified atom stereocenters. The van der Waals surface area contributed by atoms with Crippen molar-refractivity contribution in [1.82, 2.24) is 4.57 Å². The molecule has 3 aromatic rings. The lowest BCUT2D eigenvalue weighted by atomic mass is 10.2. The molecule has 0 aliphatic heterocycles. The molecule has 0 amide bonds. The fourth-order valence-electron chi connectivity index (χ4n) is 2.16. The third kappa shape index (κ3) is 2.24. The molecule has 4 nitrogen and oxygen atoms in total. The number of aliphatic hydroxyl groups excluding tert-OH is 1. The Morgan fingerprint density at radius 1 is 1.20 bits per heavy atom. The summed E-state index contributed by atoms with van der Waals surface area (Å²) < 4.78 is 6.73. The van der Waals surface area contributed by atoms with Crippen LogP contribution in [0, 0.1) is 0 Å². The Balaban J connectivity index is 2.10. The van der Waals surface area contributed by atoms with E-state index in [0.29, 0.717) is 28.2 Å². The highest BCUT2D eigenvalue weighted by molar-refractivity contribution is 6.31. The van der Waals surface area contributed by atoms with Gasteiger partial charge in [-0.15, -0.1) is 0 Å². The van der Waals surface area contributed by atoms with Crippen molar-refractivity contribution in [2.75, 3.05) is 0 Å². The van der Waals surface area contributed by atoms with Gasteiger partial charge in [0.25, 0.3) is 0 Å². The molecular weight excluding hydrogens is 278 g/mol. The molecule has 0 fully saturated rings. The van der Waals surface area contributed by atoms with Crippen LogP contribution < -0.4 is 5.76 Å². The number of halogens is 1. The van der Waals surface area contributed by atoms with E-state index in [1.54, 1.807) is 24.3 Å². The van der Waals surface area contributed by atoms with Gasteiger partial charge in [0.05, 0.1) is 18.7 Å². The highest BCUT2D eigenvalue weighted by Gasteiger charge is 2.11. The van der Waals surface area contributed by atoms with Crippen molar-refractivity contribution in [1.29, 1.82) is 0 Å². The maximum absolute atomic E-state index is 11.9. The summed E-state index contributed by atoms with van der Waals surface area (Å²) in [5.41, 5.74) is 2.71. The second kappa shape index (κ2) is 5.15. The molecule has 2 aromatic carbocycles. The number of benzene rings is 2. The van der Waals surface area contributed by atoms with Crippen LogP contribution in [0.15, 0.2) is 51.7 Å². The molecule has 1 N–H and O–H groups in total. The molecule has 0 saturated heterocycles. The number of hydrogen-bond acceptors (Lipinski definition) is 3. The average molecular weight is 290 g/mol. The lowest BCUT2D eigenvalue weighted by Crippen LogP contribution is -2.15. The summed E-state index contributed by atoms with van der Waals surface area (Å²) in [4.78, 5) is 11.9. The van der Waals surface area contributed by atoms with E-state index in [9.17, 15) is 4.79 Å². The molecule has 102 valence electrons. The van der Waals surface area contributed by atoms with Gasteiger partial charge in [0, 0.05) is 5.02 Å². The number of nitrogens with zero attached hydrogens (tertiary/aromatic N) is 1. The quantitative estimate of drug-likeness (QED) is 0.806. The fourth-order valence-corrected chi connectivity index (χ4v) is 2.35. The van der Waals surface area contributed by atoms with E-state index in [1.165, 1.54) is 4.57 Å². The molecule has 1 aromatic heterocycles. The molecule has 0 aliphatic carbocycles. The molecule has 1 heterocycles. The smallest absolute Gasteiger partial charge is 0.408 e. The first kappa shape index (κ1) is 13.0. The number of aromatic nitrogens is 1. The summed E-state index contributed by atoms with van der Waals surface area (Å²) in [5, 5.41) is 9.71. The van der Waals surface area contributed by atoms with Gasteiger partial charge in [-0.25, -0.2) is 4.79 Å². The number of hydrogen-bond donors (Lipinski definition) is 1. The normalized spacial score (nSPS) is 11.1. The minimum absolute atomic E-state index is 0.0880. The van der Waals surface area contributed by atoms with Crippen LogP contribution in [-0.2, 0) is 13.2 Å². The molecule has 0 radical (unpaired) electrons. The average Bonchev–Trinajstić information content (AvgIpc) is 2.76. The zero-order valence-electron chi connectivity index (χ0n) is 10.5. The van der Waals surface area contributed by atoms with Gasteiger partial charge < -0.3 is 9.52 Å². The number of rotatable bonds is 3. The predicted molar refractivity (Wildman–Crippen MR) is 77.0 cm³/mol. The van der Waals surface area contributed by atoms with Crippen molar-refractivity contribution in [3.05, 3.63) is 69.2 Å². The molecule has 3 rings (SSSR count). The van der Waals surface area contributed by atoms with Gasteiger partial charge in [0.1, 0.15) is 0 Å². The van der Waals surface area contributed by atoms with Gasteiger partial charge in [0.15, 0.2) is 5.58 Å². The first-order valence-corrected chi connectivity index (χ1v) is 6.53. The summed E-state index contributed by atoms with van der Waals surface area (Å²) in [6.45, 7) is 0.263. The first-order chi connectivity index (χ1) is 9.69. The minimum atomic E-state index is -0.435. The Labute approximate surface area is 119 Å². The third-order valence-electron chi connectivity index (χ3n) is 3.20. The van der Waals surface area contributed by atoms with Crippen LogP contribution in [0.4, 0.5) is 0 Å². The third-order valence-corrected chi connectivity index (χ3v) is 3.57. The van der Waals surface area contributed by atoms with Gasteiger partial charge in [-0.1, -0.05) is 35.9 Å². The molecule has 0 saturated carbocycles. The number of aliphatic hydroxyl groups is 1. The Hall–Kier alpha value is -2.04. The molecule has 0 spiro atoms. The zero-order chi connectivity index (χ0) is 14.1. The Bertz CT molecular complexity index is 819. The van der Waals surface area contributed by atoms with Crippen LogP contribution in [0.25, 0.3) is 11.1 Å². The van der Waals surface area contributed by atoms with E-state index in [-0.39, 0.29) is 6.61 Å². The van der Waals surface area contributed by atoms with Crippen molar-refractivity contribution in [3.63, 3.8) is 0 Å². The summed E-state index contributed by atoms with van der Waals surface area (Å²) in [7, 11) is 0. The second-order valence-electron chi connectivity index (χ2n) is 4.51. The van der Waals surface area contributed by atoms with Crippen molar-refractivity contribution in [2.24, 2.45) is 0 Å². The van der Waals surface area contributed by atoms with E-state index in [0.717, 1.165) is 5.56 Å². The highest BCUT2D eigenvalue weighted by Crippen LogP contribution is 2.20. The van der Waals surface area contributed by atoms with Crippen LogP contribution >= 0.6 is 11.6 Å². The monoisotopic (exact) mass is 289 g/mol. The molecular formula is C15H12ClNO3. The van der Waals surface area contributed by atoms with E-state index < -0.39 is 5.76 Å². The number of oxazole rings is 1. The summed E-state index contributed by atoms with van der Waals surface area (Å²) >= 11 is 6.11. The standard InChI is InChI=1S/C15H12ClNO3/c16-12-4-2-1-3-11(12)8-17-13-6-5-10(9-18)7-14(13)20-15(17)19/h1-7,18H,8-9H2. The van der Waals surface area contributed by atoms with Gasteiger partial charge in [-0.2, -0.15) is 0 Å². The van der Waals surface area contributed by atoms with E-state index in [4.69, 9.17) is 21.1 Å². The van der Waals surface area contributed by atoms with E-state index in [1.807, 2.05) is 18.2 Å². The van der Waals surface area contributed by atoms with Crippen LogP contribution in [0.1, 0.15) is 11.1 Å². The van der Waals surface area contributed by atoms with Crippen LogP contribution in [0.3, 0.4) is 0 Å². The largest absolute Gasteiger partial charge is 0.420 e. The highest BCUT2D eigenvalue weighted by atomic mass is 35.5. The van der Waals surface area contributed by atoms with Crippen LogP contribution in [-0.4, -0.2) is 9.67 Å². The lowest BCUT2D eigenvalue weighted by molar-refractivity contribution is 0.282. The predicted octanol–water partition coefficient (Wildman–Crippen LogP) is 2.79. The second-order valence-corrected chi connectivity index (χ2v) is 4.91. The summed E-state index contributed by atoms with van der Waals surface area (Å²) in [6.07, 6.45) is 0. The Morgan fingerprint density at radius 2 is 2.00 bits per heavy atom. The van der Waals surface area contributed by atoms with Crippen molar-refractivity contribution < 1.29 is 9.52 Å². The molecule has 0 atom stereocenters. The molecule has 0 bridgehead atoms. The lowest BCUT2D eigenvalue weighted by Gasteiger charge is -2.05. The maximum Gasteiger partial charge on any atom is 0.420 e. The van der Waals surface area contributed by atoms with Crippen LogP contribution in [0.5, 0.6) is 0 Å². The minimum Gasteiger partial charge on any atom is -0.408 e. The number of fused-ring (bicyclic) bond motifs is 1.